The van der Waals surface area contributed by atoms with E-state index >= 15 is 4.39 Å². The fraction of sp³-hybridized carbons (Fsp3) is 0.244. The Morgan fingerprint density at radius 3 is 2.10 bits per heavy atom. The highest BCUT2D eigenvalue weighted by atomic mass is 32.2. The van der Waals surface area contributed by atoms with E-state index < -0.39 is 44.8 Å². The number of piperazine rings is 1. The zero-order valence-corrected chi connectivity index (χ0v) is 29.4. The second kappa shape index (κ2) is 15.7. The van der Waals surface area contributed by atoms with E-state index in [1.807, 2.05) is 6.92 Å². The van der Waals surface area contributed by atoms with Gasteiger partial charge in [0.05, 0.1) is 10.5 Å². The Morgan fingerprint density at radius 2 is 1.46 bits per heavy atom. The largest absolute Gasteiger partial charge is 0.507 e. The first-order valence-electron chi connectivity index (χ1n) is 17.2. The van der Waals surface area contributed by atoms with E-state index in [2.05, 4.69) is 10.6 Å². The fourth-order valence-electron chi connectivity index (χ4n) is 7.21. The molecule has 0 radical (unpaired) electrons. The molecule has 0 saturated carbocycles. The smallest absolute Gasteiger partial charge is 0.255 e. The van der Waals surface area contributed by atoms with Gasteiger partial charge in [0.2, 0.25) is 10.0 Å². The van der Waals surface area contributed by atoms with E-state index in [1.54, 1.807) is 78.9 Å². The van der Waals surface area contributed by atoms with Crippen LogP contribution in [-0.2, 0) is 21.9 Å². The standard InChI is InChI=1S/C41H40F3N3O4S/c1-28-27-47(52(50,51)34-8-3-2-4-9-34)33(26-46-28)22-23-35-37(11-7-12-38(35)44)41(29-14-18-31(42)19-15-29,30-16-20-32(43)21-17-30)24-25-45-40(49)36-10-5-6-13-39(36)48/h2-21,28,33,46,48H,22-27H2,1H3,(H,45,49)/t28-,33-/m0/s1. The molecule has 0 aromatic heterocycles. The molecule has 0 unspecified atom stereocenters. The van der Waals surface area contributed by atoms with Crippen LogP contribution in [0.5, 0.6) is 5.75 Å². The number of benzene rings is 5. The third-order valence-electron chi connectivity index (χ3n) is 9.83. The summed E-state index contributed by atoms with van der Waals surface area (Å²) in [6.07, 6.45) is 0.543. The number of rotatable bonds is 12. The normalized spacial score (nSPS) is 16.8. The Bertz CT molecular complexity index is 2070. The summed E-state index contributed by atoms with van der Waals surface area (Å²) in [4.78, 5) is 13.4. The van der Waals surface area contributed by atoms with E-state index in [0.29, 0.717) is 28.8 Å². The van der Waals surface area contributed by atoms with Gasteiger partial charge in [0.15, 0.2) is 0 Å². The van der Waals surface area contributed by atoms with Crippen LogP contribution in [0.3, 0.4) is 0 Å². The number of amides is 1. The fourth-order valence-corrected chi connectivity index (χ4v) is 8.97. The molecule has 5 aromatic rings. The SMILES string of the molecule is C[C@H]1CN(S(=O)(=O)c2ccccc2)[C@@H](CCc2c(F)cccc2C(CCNC(=O)c2ccccc2O)(c2ccc(F)cc2)c2ccc(F)cc2)CN1. The minimum atomic E-state index is -3.87. The molecule has 11 heteroatoms. The third-order valence-corrected chi connectivity index (χ3v) is 11.8. The van der Waals surface area contributed by atoms with Gasteiger partial charge in [-0.2, -0.15) is 4.31 Å². The van der Waals surface area contributed by atoms with Gasteiger partial charge >= 0.3 is 0 Å². The first-order chi connectivity index (χ1) is 25.0. The van der Waals surface area contributed by atoms with Crippen molar-refractivity contribution in [2.24, 2.45) is 0 Å². The number of sulfonamides is 1. The minimum Gasteiger partial charge on any atom is -0.507 e. The summed E-state index contributed by atoms with van der Waals surface area (Å²) in [6.45, 7) is 2.54. The van der Waals surface area contributed by atoms with Gasteiger partial charge in [-0.1, -0.05) is 66.7 Å². The van der Waals surface area contributed by atoms with Crippen molar-refractivity contribution in [1.82, 2.24) is 14.9 Å². The molecule has 1 heterocycles. The number of hydrogen-bond donors (Lipinski definition) is 3. The van der Waals surface area contributed by atoms with Crippen LogP contribution in [0.25, 0.3) is 0 Å². The van der Waals surface area contributed by atoms with Gasteiger partial charge < -0.3 is 15.7 Å². The molecule has 1 saturated heterocycles. The van der Waals surface area contributed by atoms with Crippen molar-refractivity contribution in [1.29, 1.82) is 0 Å². The lowest BCUT2D eigenvalue weighted by atomic mass is 9.65. The van der Waals surface area contributed by atoms with Crippen LogP contribution in [0.1, 0.15) is 52.4 Å². The monoisotopic (exact) mass is 727 g/mol. The quantitative estimate of drug-likeness (QED) is 0.121. The number of phenolic OH excluding ortho intramolecular Hbond substituents is 1. The maximum Gasteiger partial charge on any atom is 0.255 e. The van der Waals surface area contributed by atoms with Gasteiger partial charge in [-0.05, 0) is 103 Å². The lowest BCUT2D eigenvalue weighted by Crippen LogP contribution is -2.57. The Balaban J connectivity index is 1.42. The van der Waals surface area contributed by atoms with E-state index in [4.69, 9.17) is 0 Å². The Morgan fingerprint density at radius 1 is 0.846 bits per heavy atom. The van der Waals surface area contributed by atoms with E-state index in [-0.39, 0.29) is 54.6 Å². The Labute approximate surface area is 302 Å². The Hall–Kier alpha value is -4.97. The highest BCUT2D eigenvalue weighted by Crippen LogP contribution is 2.45. The van der Waals surface area contributed by atoms with Crippen molar-refractivity contribution in [3.05, 3.63) is 167 Å². The van der Waals surface area contributed by atoms with Crippen LogP contribution in [0.15, 0.2) is 126 Å². The summed E-state index contributed by atoms with van der Waals surface area (Å²) in [6, 6.07) is 30.0. The summed E-state index contributed by atoms with van der Waals surface area (Å²) in [5.74, 6) is -2.20. The summed E-state index contributed by atoms with van der Waals surface area (Å²) in [5, 5.41) is 16.5. The zero-order valence-electron chi connectivity index (χ0n) is 28.6. The molecule has 1 fully saturated rings. The molecule has 1 aliphatic rings. The van der Waals surface area contributed by atoms with Crippen molar-refractivity contribution in [2.45, 2.75) is 48.6 Å². The number of carbonyl (C=O) groups excluding carboxylic acids is 1. The molecule has 1 amide bonds. The molecule has 2 atom stereocenters. The molecule has 52 heavy (non-hydrogen) atoms. The lowest BCUT2D eigenvalue weighted by Gasteiger charge is -2.40. The van der Waals surface area contributed by atoms with Crippen molar-refractivity contribution in [3.63, 3.8) is 0 Å². The van der Waals surface area contributed by atoms with Crippen LogP contribution in [0.2, 0.25) is 0 Å². The van der Waals surface area contributed by atoms with Crippen molar-refractivity contribution < 1.29 is 31.5 Å². The summed E-state index contributed by atoms with van der Waals surface area (Å²) in [5.41, 5.74) is 0.820. The maximum atomic E-state index is 16.3. The molecule has 270 valence electrons. The number of para-hydroxylation sites is 1. The number of phenols is 1. The van der Waals surface area contributed by atoms with Gasteiger partial charge in [-0.25, -0.2) is 21.6 Å². The topological polar surface area (TPSA) is 98.7 Å². The van der Waals surface area contributed by atoms with Crippen LogP contribution in [-0.4, -0.2) is 55.5 Å². The van der Waals surface area contributed by atoms with E-state index in [9.17, 15) is 27.1 Å². The van der Waals surface area contributed by atoms with Gasteiger partial charge in [0.1, 0.15) is 23.2 Å². The van der Waals surface area contributed by atoms with Crippen molar-refractivity contribution in [3.8, 4) is 5.75 Å². The highest BCUT2D eigenvalue weighted by Gasteiger charge is 2.40. The van der Waals surface area contributed by atoms with E-state index in [1.165, 1.54) is 46.8 Å². The third kappa shape index (κ3) is 7.62. The number of halogens is 3. The molecule has 6 rings (SSSR count). The molecule has 7 nitrogen and oxygen atoms in total. The number of hydrogen-bond acceptors (Lipinski definition) is 5. The van der Waals surface area contributed by atoms with Gasteiger partial charge in [-0.3, -0.25) is 4.79 Å². The van der Waals surface area contributed by atoms with Crippen molar-refractivity contribution >= 4 is 15.9 Å². The molecular formula is C41H40F3N3O4S. The number of carbonyl (C=O) groups is 1. The van der Waals surface area contributed by atoms with Crippen LogP contribution < -0.4 is 10.6 Å². The average molecular weight is 728 g/mol. The summed E-state index contributed by atoms with van der Waals surface area (Å²) < 4.78 is 74.4. The summed E-state index contributed by atoms with van der Waals surface area (Å²) >= 11 is 0. The van der Waals surface area contributed by atoms with Gasteiger partial charge in [0, 0.05) is 37.1 Å². The number of aromatic hydroxyl groups is 1. The first kappa shape index (κ1) is 36.8. The maximum absolute atomic E-state index is 16.3. The number of nitrogens with zero attached hydrogens (tertiary/aromatic N) is 1. The molecular weight excluding hydrogens is 688 g/mol. The highest BCUT2D eigenvalue weighted by molar-refractivity contribution is 7.89. The predicted octanol–water partition coefficient (Wildman–Crippen LogP) is 6.95. The first-order valence-corrected chi connectivity index (χ1v) is 18.6. The van der Waals surface area contributed by atoms with Crippen LogP contribution in [0.4, 0.5) is 13.2 Å². The molecule has 0 spiro atoms. The molecule has 0 aliphatic carbocycles. The van der Waals surface area contributed by atoms with Crippen LogP contribution >= 0.6 is 0 Å². The van der Waals surface area contributed by atoms with Crippen molar-refractivity contribution in [2.75, 3.05) is 19.6 Å². The predicted molar refractivity (Wildman–Crippen MR) is 194 cm³/mol. The molecule has 3 N–H and O–H groups in total. The molecule has 0 bridgehead atoms. The average Bonchev–Trinajstić information content (AvgIpc) is 3.14. The minimum absolute atomic E-state index is 0.0331. The molecule has 1 aliphatic heterocycles. The Kier molecular flexibility index (Phi) is 11.1. The lowest BCUT2D eigenvalue weighted by molar-refractivity contribution is 0.0949. The molecule has 5 aromatic carbocycles. The second-order valence-corrected chi connectivity index (χ2v) is 15.0. The van der Waals surface area contributed by atoms with E-state index in [0.717, 1.165) is 0 Å². The van der Waals surface area contributed by atoms with Gasteiger partial charge in [-0.15, -0.1) is 0 Å². The second-order valence-electron chi connectivity index (χ2n) is 13.1. The number of nitrogens with one attached hydrogen (secondary N) is 2. The van der Waals surface area contributed by atoms with Crippen LogP contribution in [0, 0.1) is 17.5 Å². The summed E-state index contributed by atoms with van der Waals surface area (Å²) in [7, 11) is -3.87. The van der Waals surface area contributed by atoms with Gasteiger partial charge in [0.25, 0.3) is 5.91 Å². The zero-order chi connectivity index (χ0) is 36.9.